The maximum atomic E-state index is 12.0. The number of aromatic nitrogens is 2. The minimum absolute atomic E-state index is 0.104. The van der Waals surface area contributed by atoms with Gasteiger partial charge < -0.3 is 4.98 Å². The Balaban J connectivity index is 2.41. The van der Waals surface area contributed by atoms with Crippen molar-refractivity contribution in [1.29, 1.82) is 0 Å². The minimum Gasteiger partial charge on any atom is -0.339 e. The van der Waals surface area contributed by atoms with Crippen molar-refractivity contribution in [3.8, 4) is 0 Å². The van der Waals surface area contributed by atoms with Gasteiger partial charge in [-0.1, -0.05) is 13.3 Å². The lowest BCUT2D eigenvalue weighted by Crippen LogP contribution is -2.19. The molecule has 0 spiro atoms. The number of hydrogen-bond donors (Lipinski definition) is 1. The molecule has 4 heteroatoms. The number of unbranched alkanes of at least 4 members (excludes halogenated alkanes) is 1. The van der Waals surface area contributed by atoms with Crippen LogP contribution >= 0.6 is 0 Å². The number of imidazole rings is 1. The first kappa shape index (κ1) is 11.8. The molecule has 0 fully saturated rings. The van der Waals surface area contributed by atoms with Crippen LogP contribution in [-0.2, 0) is 6.42 Å². The fourth-order valence-electron chi connectivity index (χ4n) is 1.92. The summed E-state index contributed by atoms with van der Waals surface area (Å²) in [5, 5.41) is 0. The molecule has 1 aromatic rings. The van der Waals surface area contributed by atoms with E-state index in [1.165, 1.54) is 0 Å². The Morgan fingerprint density at radius 3 is 2.41 bits per heavy atom. The number of rotatable bonds is 3. The average molecular weight is 232 g/mol. The number of nitrogens with zero attached hydrogens (tertiary/aromatic N) is 1. The van der Waals surface area contributed by atoms with E-state index in [1.54, 1.807) is 13.8 Å². The summed E-state index contributed by atoms with van der Waals surface area (Å²) in [6.45, 7) is 5.46. The highest BCUT2D eigenvalue weighted by Crippen LogP contribution is 2.24. The topological polar surface area (TPSA) is 62.8 Å². The van der Waals surface area contributed by atoms with E-state index >= 15 is 0 Å². The molecule has 0 saturated heterocycles. The quantitative estimate of drug-likeness (QED) is 0.870. The van der Waals surface area contributed by atoms with Gasteiger partial charge in [-0.2, -0.15) is 0 Å². The molecule has 0 unspecified atom stereocenters. The van der Waals surface area contributed by atoms with E-state index in [2.05, 4.69) is 16.9 Å². The number of aryl methyl sites for hydroxylation is 1. The maximum absolute atomic E-state index is 12.0. The molecule has 4 nitrogen and oxygen atoms in total. The lowest BCUT2D eigenvalue weighted by atomic mass is 9.92. The molecule has 1 aromatic heterocycles. The van der Waals surface area contributed by atoms with Crippen LogP contribution in [0.15, 0.2) is 11.1 Å². The maximum Gasteiger partial charge on any atom is 0.209 e. The number of nitrogens with one attached hydrogen (secondary N) is 1. The summed E-state index contributed by atoms with van der Waals surface area (Å²) in [7, 11) is 0. The first-order valence-electron chi connectivity index (χ1n) is 5.92. The molecule has 1 heterocycles. The number of allylic oxidation sites excluding steroid dienone is 2. The first-order valence-corrected chi connectivity index (χ1v) is 5.92. The van der Waals surface area contributed by atoms with Crippen molar-refractivity contribution >= 4 is 11.6 Å². The molecule has 0 bridgehead atoms. The Bertz CT molecular complexity index is 482. The van der Waals surface area contributed by atoms with Crippen molar-refractivity contribution in [2.24, 2.45) is 0 Å². The third-order valence-electron chi connectivity index (χ3n) is 3.21. The molecule has 0 amide bonds. The second kappa shape index (κ2) is 4.28. The zero-order chi connectivity index (χ0) is 12.6. The van der Waals surface area contributed by atoms with Gasteiger partial charge in [-0.3, -0.25) is 9.59 Å². The van der Waals surface area contributed by atoms with Gasteiger partial charge >= 0.3 is 0 Å². The molecule has 0 aliphatic heterocycles. The van der Waals surface area contributed by atoms with Gasteiger partial charge in [0.1, 0.15) is 17.2 Å². The van der Waals surface area contributed by atoms with Crippen LogP contribution in [0.1, 0.15) is 60.4 Å². The Hall–Kier alpha value is -1.71. The van der Waals surface area contributed by atoms with Crippen LogP contribution < -0.4 is 0 Å². The van der Waals surface area contributed by atoms with Gasteiger partial charge in [-0.05, 0) is 20.3 Å². The van der Waals surface area contributed by atoms with Crippen LogP contribution in [-0.4, -0.2) is 21.5 Å². The van der Waals surface area contributed by atoms with E-state index in [0.717, 1.165) is 25.1 Å². The molecule has 1 N–H and O–H groups in total. The van der Waals surface area contributed by atoms with E-state index in [1.807, 2.05) is 0 Å². The van der Waals surface area contributed by atoms with Crippen LogP contribution in [0.4, 0.5) is 0 Å². The summed E-state index contributed by atoms with van der Waals surface area (Å²) in [6.07, 6.45) is 2.84. The number of carbonyl (C=O) groups excluding carboxylic acids is 2. The summed E-state index contributed by atoms with van der Waals surface area (Å²) in [4.78, 5) is 31.2. The van der Waals surface area contributed by atoms with Gasteiger partial charge in [0.05, 0.1) is 0 Å². The largest absolute Gasteiger partial charge is 0.339 e. The van der Waals surface area contributed by atoms with Crippen LogP contribution in [0.5, 0.6) is 0 Å². The summed E-state index contributed by atoms with van der Waals surface area (Å²) in [5.74, 6) is 0.504. The summed E-state index contributed by atoms with van der Waals surface area (Å²) >= 11 is 0. The number of Topliss-reactive ketones (excluding diaryl/α,β-unsaturated/α-hetero) is 2. The molecular formula is C13H16N2O2. The number of fused-ring (bicyclic) bond motifs is 1. The molecule has 17 heavy (non-hydrogen) atoms. The van der Waals surface area contributed by atoms with Gasteiger partial charge in [0.15, 0.2) is 0 Å². The number of carbonyl (C=O) groups is 2. The normalized spacial score (nSPS) is 15.5. The van der Waals surface area contributed by atoms with Crippen molar-refractivity contribution in [1.82, 2.24) is 9.97 Å². The fourth-order valence-corrected chi connectivity index (χ4v) is 1.92. The van der Waals surface area contributed by atoms with E-state index in [0.29, 0.717) is 22.5 Å². The molecule has 0 saturated carbocycles. The van der Waals surface area contributed by atoms with Crippen molar-refractivity contribution in [2.75, 3.05) is 0 Å². The zero-order valence-corrected chi connectivity index (χ0v) is 10.4. The van der Waals surface area contributed by atoms with E-state index in [4.69, 9.17) is 0 Å². The van der Waals surface area contributed by atoms with E-state index in [9.17, 15) is 9.59 Å². The lowest BCUT2D eigenvalue weighted by molar-refractivity contribution is 0.0970. The fraction of sp³-hybridized carbons (Fsp3) is 0.462. The highest BCUT2D eigenvalue weighted by Gasteiger charge is 2.31. The van der Waals surface area contributed by atoms with Gasteiger partial charge in [0, 0.05) is 17.6 Å². The predicted octanol–water partition coefficient (Wildman–Crippen LogP) is 2.47. The molecule has 1 aliphatic carbocycles. The monoisotopic (exact) mass is 232 g/mol. The molecule has 0 radical (unpaired) electrons. The second-order valence-corrected chi connectivity index (χ2v) is 4.42. The van der Waals surface area contributed by atoms with Crippen molar-refractivity contribution in [3.63, 3.8) is 0 Å². The smallest absolute Gasteiger partial charge is 0.209 e. The van der Waals surface area contributed by atoms with E-state index < -0.39 is 0 Å². The Morgan fingerprint density at radius 2 is 1.76 bits per heavy atom. The number of hydrogen-bond acceptors (Lipinski definition) is 3. The second-order valence-electron chi connectivity index (χ2n) is 4.42. The summed E-state index contributed by atoms with van der Waals surface area (Å²) < 4.78 is 0. The molecule has 2 rings (SSSR count). The minimum atomic E-state index is -0.129. The summed E-state index contributed by atoms with van der Waals surface area (Å²) in [6, 6.07) is 0. The van der Waals surface area contributed by atoms with Crippen molar-refractivity contribution in [3.05, 3.63) is 28.4 Å². The summed E-state index contributed by atoms with van der Waals surface area (Å²) in [5.41, 5.74) is 1.69. The van der Waals surface area contributed by atoms with E-state index in [-0.39, 0.29) is 11.6 Å². The molecule has 90 valence electrons. The molecule has 0 atom stereocenters. The van der Waals surface area contributed by atoms with Crippen LogP contribution in [0.3, 0.4) is 0 Å². The first-order chi connectivity index (χ1) is 8.06. The van der Waals surface area contributed by atoms with Crippen LogP contribution in [0, 0.1) is 0 Å². The number of ketones is 2. The number of H-pyrrole nitrogens is 1. The molecule has 0 aromatic carbocycles. The molecular weight excluding hydrogens is 216 g/mol. The SMILES string of the molecule is CCCCc1nc2c([nH]1)C(=O)C(C)=C(C)C2=O. The molecule has 1 aliphatic rings. The highest BCUT2D eigenvalue weighted by atomic mass is 16.1. The van der Waals surface area contributed by atoms with Gasteiger partial charge in [0.2, 0.25) is 11.6 Å². The van der Waals surface area contributed by atoms with Crippen molar-refractivity contribution in [2.45, 2.75) is 40.0 Å². The zero-order valence-electron chi connectivity index (χ0n) is 10.4. The van der Waals surface area contributed by atoms with Gasteiger partial charge in [-0.25, -0.2) is 4.98 Å². The highest BCUT2D eigenvalue weighted by molar-refractivity contribution is 6.25. The predicted molar refractivity (Wildman–Crippen MR) is 64.2 cm³/mol. The average Bonchev–Trinajstić information content (AvgIpc) is 2.75. The third kappa shape index (κ3) is 1.84. The van der Waals surface area contributed by atoms with Crippen LogP contribution in [0.25, 0.3) is 0 Å². The Kier molecular flexibility index (Phi) is 2.96. The van der Waals surface area contributed by atoms with Gasteiger partial charge in [0.25, 0.3) is 0 Å². The lowest BCUT2D eigenvalue weighted by Gasteiger charge is -2.10. The Morgan fingerprint density at radius 1 is 1.12 bits per heavy atom. The number of aromatic amines is 1. The van der Waals surface area contributed by atoms with Crippen LogP contribution in [0.2, 0.25) is 0 Å². The third-order valence-corrected chi connectivity index (χ3v) is 3.21. The van der Waals surface area contributed by atoms with Gasteiger partial charge in [-0.15, -0.1) is 0 Å². The standard InChI is InChI=1S/C13H16N2O2/c1-4-5-6-9-14-10-11(15-9)13(17)8(3)7(2)12(10)16/h4-6H2,1-3H3,(H,14,15). The Labute approximate surface area is 100 Å². The van der Waals surface area contributed by atoms with Crippen molar-refractivity contribution < 1.29 is 9.59 Å².